The molecule has 4 unspecified atom stereocenters. The summed E-state index contributed by atoms with van der Waals surface area (Å²) in [5.74, 6) is -2.08. The zero-order valence-corrected chi connectivity index (χ0v) is 27.0. The van der Waals surface area contributed by atoms with Crippen molar-refractivity contribution in [3.8, 4) is 17.2 Å². The highest BCUT2D eigenvalue weighted by Crippen LogP contribution is 2.31. The summed E-state index contributed by atoms with van der Waals surface area (Å²) in [5.41, 5.74) is 1.14. The molecule has 51 heavy (non-hydrogen) atoms. The number of fused-ring (bicyclic) bond motifs is 1. The fraction of sp³-hybridized carbons (Fsp3) is 0.216. The van der Waals surface area contributed by atoms with Gasteiger partial charge < -0.3 is 42.6 Å². The first-order valence-corrected chi connectivity index (χ1v) is 15.4. The summed E-state index contributed by atoms with van der Waals surface area (Å²) in [6, 6.07) is 18.5. The van der Waals surface area contributed by atoms with Crippen LogP contribution in [-0.4, -0.2) is 81.1 Å². The van der Waals surface area contributed by atoms with Gasteiger partial charge in [0, 0.05) is 18.2 Å². The van der Waals surface area contributed by atoms with E-state index in [1.54, 1.807) is 30.3 Å². The van der Waals surface area contributed by atoms with Crippen molar-refractivity contribution < 1.29 is 66.6 Å². The Balaban J connectivity index is 1.04. The van der Waals surface area contributed by atoms with E-state index >= 15 is 0 Å². The molecule has 2 fully saturated rings. The zero-order chi connectivity index (χ0) is 36.2. The molecule has 2 aliphatic heterocycles. The van der Waals surface area contributed by atoms with Crippen LogP contribution in [0.15, 0.2) is 104 Å². The third-order valence-electron chi connectivity index (χ3n) is 7.36. The number of benzene rings is 3. The molecule has 0 N–H and O–H groups in total. The Hall–Kier alpha value is -6.25. The molecule has 4 atom stereocenters. The zero-order valence-electron chi connectivity index (χ0n) is 27.0. The van der Waals surface area contributed by atoms with Crippen LogP contribution in [0.2, 0.25) is 0 Å². The molecule has 0 radical (unpaired) electrons. The average molecular weight is 701 g/mol. The highest BCUT2D eigenvalue weighted by atomic mass is 16.7. The minimum atomic E-state index is -0.735. The van der Waals surface area contributed by atoms with Crippen LogP contribution in [0.5, 0.6) is 17.2 Å². The Morgan fingerprint density at radius 2 is 1.08 bits per heavy atom. The Labute approximate surface area is 291 Å². The minimum Gasteiger partial charge on any atom is -0.457 e. The molecule has 2 aliphatic rings. The number of rotatable bonds is 15. The van der Waals surface area contributed by atoms with Crippen LogP contribution in [-0.2, 0) is 42.8 Å². The normalized spacial score (nSPS) is 18.9. The molecule has 2 saturated heterocycles. The molecule has 14 nitrogen and oxygen atoms in total. The molecule has 14 heteroatoms. The third-order valence-corrected chi connectivity index (χ3v) is 7.36. The van der Waals surface area contributed by atoms with Gasteiger partial charge in [0.2, 0.25) is 13.6 Å². The van der Waals surface area contributed by atoms with E-state index in [4.69, 9.17) is 42.6 Å². The van der Waals surface area contributed by atoms with E-state index < -0.39 is 54.3 Å². The van der Waals surface area contributed by atoms with Crippen molar-refractivity contribution in [2.75, 3.05) is 26.8 Å². The number of ether oxygens (including phenoxy) is 9. The molecule has 0 aliphatic carbocycles. The van der Waals surface area contributed by atoms with Gasteiger partial charge in [-0.1, -0.05) is 25.3 Å². The van der Waals surface area contributed by atoms with E-state index in [2.05, 4.69) is 13.2 Å². The molecule has 3 aromatic rings. The number of esters is 5. The minimum absolute atomic E-state index is 0.0473. The van der Waals surface area contributed by atoms with Crippen molar-refractivity contribution in [3.05, 3.63) is 121 Å². The summed E-state index contributed by atoms with van der Waals surface area (Å²) in [7, 11) is 0. The third kappa shape index (κ3) is 10.1. The number of hydrogen-bond acceptors (Lipinski definition) is 14. The molecule has 2 heterocycles. The second kappa shape index (κ2) is 17.4. The summed E-state index contributed by atoms with van der Waals surface area (Å²) in [6.45, 7) is 6.13. The van der Waals surface area contributed by atoms with Gasteiger partial charge in [0.15, 0.2) is 12.2 Å². The van der Waals surface area contributed by atoms with Crippen LogP contribution >= 0.6 is 0 Å². The second-order valence-corrected chi connectivity index (χ2v) is 10.7. The molecule has 0 aromatic heterocycles. The van der Waals surface area contributed by atoms with Crippen molar-refractivity contribution in [1.82, 2.24) is 0 Å². The average Bonchev–Trinajstić information content (AvgIpc) is 3.74. The lowest BCUT2D eigenvalue weighted by atomic mass is 10.1. The van der Waals surface area contributed by atoms with Gasteiger partial charge in [0.05, 0.1) is 24.3 Å². The smallest absolute Gasteiger partial charge is 0.343 e. The Kier molecular flexibility index (Phi) is 12.3. The molecular weight excluding hydrogens is 668 g/mol. The second-order valence-electron chi connectivity index (χ2n) is 10.7. The van der Waals surface area contributed by atoms with Crippen molar-refractivity contribution in [2.24, 2.45) is 0 Å². The first kappa shape index (κ1) is 36.0. The largest absolute Gasteiger partial charge is 0.457 e. The van der Waals surface area contributed by atoms with Crippen LogP contribution in [0.25, 0.3) is 6.08 Å². The Morgan fingerprint density at radius 3 is 1.61 bits per heavy atom. The van der Waals surface area contributed by atoms with Gasteiger partial charge in [0.1, 0.15) is 29.5 Å². The Bertz CT molecular complexity index is 1760. The molecule has 0 saturated carbocycles. The number of carbonyl (C=O) groups is 5. The maximum Gasteiger partial charge on any atom is 0.343 e. The molecule has 264 valence electrons. The van der Waals surface area contributed by atoms with Crippen molar-refractivity contribution in [1.29, 1.82) is 0 Å². The summed E-state index contributed by atoms with van der Waals surface area (Å²) >= 11 is 0. The lowest BCUT2D eigenvalue weighted by molar-refractivity contribution is -0.147. The molecular formula is C37H32O14. The van der Waals surface area contributed by atoms with Crippen molar-refractivity contribution in [2.45, 2.75) is 24.4 Å². The van der Waals surface area contributed by atoms with Gasteiger partial charge in [-0.2, -0.15) is 0 Å². The van der Waals surface area contributed by atoms with Crippen LogP contribution < -0.4 is 14.2 Å². The van der Waals surface area contributed by atoms with E-state index in [9.17, 15) is 24.0 Å². The van der Waals surface area contributed by atoms with Crippen LogP contribution in [0.4, 0.5) is 0 Å². The van der Waals surface area contributed by atoms with Gasteiger partial charge in [0.25, 0.3) is 0 Å². The first-order chi connectivity index (χ1) is 24.7. The fourth-order valence-electron chi connectivity index (χ4n) is 4.81. The lowest BCUT2D eigenvalue weighted by Gasteiger charge is -2.17. The Morgan fingerprint density at radius 1 is 0.608 bits per heavy atom. The van der Waals surface area contributed by atoms with Crippen molar-refractivity contribution >= 4 is 35.9 Å². The quantitative estimate of drug-likeness (QED) is 0.0734. The van der Waals surface area contributed by atoms with E-state index in [1.165, 1.54) is 54.6 Å². The fourth-order valence-corrected chi connectivity index (χ4v) is 4.81. The molecule has 0 amide bonds. The predicted octanol–water partition coefficient (Wildman–Crippen LogP) is 3.99. The maximum atomic E-state index is 12.9. The summed E-state index contributed by atoms with van der Waals surface area (Å²) < 4.78 is 48.2. The number of carbonyl (C=O) groups excluding carboxylic acids is 5. The highest BCUT2D eigenvalue weighted by molar-refractivity contribution is 5.92. The van der Waals surface area contributed by atoms with Gasteiger partial charge in [-0.3, -0.25) is 0 Å². The van der Waals surface area contributed by atoms with E-state index in [0.717, 1.165) is 12.2 Å². The highest BCUT2D eigenvalue weighted by Gasteiger charge is 2.51. The van der Waals surface area contributed by atoms with E-state index in [-0.39, 0.29) is 43.7 Å². The topological polar surface area (TPSA) is 168 Å². The summed E-state index contributed by atoms with van der Waals surface area (Å²) in [4.78, 5) is 60.1. The molecule has 5 rings (SSSR count). The molecule has 0 spiro atoms. The van der Waals surface area contributed by atoms with Crippen molar-refractivity contribution in [3.63, 3.8) is 0 Å². The SMILES string of the molecule is C=CC(=O)OCOc1ccc(/C=C/C(=O)OC2COC3C(OC(=O)c4ccc(OC(=O)c5ccc(OCOC(=O)C=C)cc5)cc4)COC23)cc1. The van der Waals surface area contributed by atoms with E-state index in [0.29, 0.717) is 17.1 Å². The van der Waals surface area contributed by atoms with Crippen LogP contribution in [0, 0.1) is 0 Å². The van der Waals surface area contributed by atoms with Crippen LogP contribution in [0.1, 0.15) is 26.3 Å². The standard InChI is InChI=1S/C37H32O14/c1-3-31(38)47-21-45-26-12-5-23(6-13-26)7-18-33(40)50-29-19-43-35-30(20-44-34(29)35)51-37(42)25-10-16-28(17-11-25)49-36(41)24-8-14-27(15-9-24)46-22-48-32(39)4-2/h3-18,29-30,34-35H,1-2,19-22H2/b18-7+. The molecule has 0 bridgehead atoms. The summed E-state index contributed by atoms with van der Waals surface area (Å²) in [5, 5.41) is 0. The summed E-state index contributed by atoms with van der Waals surface area (Å²) in [6.07, 6.45) is 2.18. The lowest BCUT2D eigenvalue weighted by Crippen LogP contribution is -2.35. The predicted molar refractivity (Wildman–Crippen MR) is 175 cm³/mol. The monoisotopic (exact) mass is 700 g/mol. The molecule has 3 aromatic carbocycles. The first-order valence-electron chi connectivity index (χ1n) is 15.4. The number of hydrogen-bond donors (Lipinski definition) is 0. The van der Waals surface area contributed by atoms with E-state index in [1.807, 2.05) is 0 Å². The van der Waals surface area contributed by atoms with Gasteiger partial charge in [-0.05, 0) is 72.3 Å². The van der Waals surface area contributed by atoms with Gasteiger partial charge in [-0.25, -0.2) is 24.0 Å². The van der Waals surface area contributed by atoms with Crippen LogP contribution in [0.3, 0.4) is 0 Å². The maximum absolute atomic E-state index is 12.9. The van der Waals surface area contributed by atoms with Gasteiger partial charge >= 0.3 is 29.8 Å². The van der Waals surface area contributed by atoms with Gasteiger partial charge in [-0.15, -0.1) is 0 Å².